The van der Waals surface area contributed by atoms with Crippen LogP contribution in [0.5, 0.6) is 5.75 Å². The highest BCUT2D eigenvalue weighted by molar-refractivity contribution is 7.16. The van der Waals surface area contributed by atoms with Crippen molar-refractivity contribution in [3.63, 3.8) is 0 Å². The molecule has 0 saturated carbocycles. The van der Waals surface area contributed by atoms with E-state index in [1.807, 2.05) is 55.5 Å². The number of carbonyl (C=O) groups is 2. The van der Waals surface area contributed by atoms with Gasteiger partial charge in [-0.1, -0.05) is 51.5 Å². The van der Waals surface area contributed by atoms with E-state index in [1.165, 1.54) is 16.9 Å². The molecule has 0 fully saturated rings. The van der Waals surface area contributed by atoms with E-state index in [1.54, 1.807) is 0 Å². The Morgan fingerprint density at radius 2 is 1.70 bits per heavy atom. The van der Waals surface area contributed by atoms with Gasteiger partial charge in [-0.15, -0.1) is 11.3 Å². The zero-order valence-electron chi connectivity index (χ0n) is 19.8. The number of nitrogens with zero attached hydrogens (tertiary/aromatic N) is 1. The fourth-order valence-corrected chi connectivity index (χ4v) is 4.61. The van der Waals surface area contributed by atoms with Gasteiger partial charge in [-0.2, -0.15) is 0 Å². The van der Waals surface area contributed by atoms with E-state index in [-0.39, 0.29) is 24.5 Å². The molecular weight excluding hydrogens is 432 g/mol. The van der Waals surface area contributed by atoms with Crippen molar-refractivity contribution in [2.24, 2.45) is 0 Å². The van der Waals surface area contributed by atoms with Crippen LogP contribution in [0.1, 0.15) is 73.7 Å². The summed E-state index contributed by atoms with van der Waals surface area (Å²) in [5.41, 5.74) is 3.73. The Morgan fingerprint density at radius 1 is 1.00 bits per heavy atom. The van der Waals surface area contributed by atoms with E-state index in [9.17, 15) is 9.59 Å². The molecule has 0 bridgehead atoms. The highest BCUT2D eigenvalue weighted by atomic mass is 32.1. The van der Waals surface area contributed by atoms with Crippen LogP contribution in [0, 0.1) is 0 Å². The minimum absolute atomic E-state index is 0.0265. The summed E-state index contributed by atoms with van der Waals surface area (Å²) in [7, 11) is 0. The number of nitrogens with one attached hydrogen (secondary N) is 1. The quantitative estimate of drug-likeness (QED) is 0.314. The number of aromatic nitrogens is 1. The number of amides is 1. The molecule has 2 aromatic carbocycles. The topological polar surface area (TPSA) is 68.3 Å². The van der Waals surface area contributed by atoms with Crippen molar-refractivity contribution in [3.05, 3.63) is 64.5 Å². The number of ketones is 1. The molecule has 3 aromatic rings. The van der Waals surface area contributed by atoms with Crippen molar-refractivity contribution < 1.29 is 14.3 Å². The maximum atomic E-state index is 12.5. The van der Waals surface area contributed by atoms with Crippen LogP contribution in [0.15, 0.2) is 48.5 Å². The van der Waals surface area contributed by atoms with Crippen molar-refractivity contribution >= 4 is 28.2 Å². The van der Waals surface area contributed by atoms with Gasteiger partial charge < -0.3 is 10.1 Å². The predicted molar refractivity (Wildman–Crippen MR) is 135 cm³/mol. The van der Waals surface area contributed by atoms with Gasteiger partial charge in [0.1, 0.15) is 5.75 Å². The summed E-state index contributed by atoms with van der Waals surface area (Å²) in [5, 5.41) is 3.46. The number of carbonyl (C=O) groups excluding carboxylic acids is 2. The van der Waals surface area contributed by atoms with Gasteiger partial charge in [-0.05, 0) is 49.1 Å². The third kappa shape index (κ3) is 6.75. The molecule has 1 amide bonds. The molecule has 174 valence electrons. The fraction of sp³-hybridized carbons (Fsp3) is 0.370. The first kappa shape index (κ1) is 24.6. The maximum Gasteiger partial charge on any atom is 0.226 e. The number of hydrogen-bond acceptors (Lipinski definition) is 5. The van der Waals surface area contributed by atoms with Crippen LogP contribution in [0.25, 0.3) is 11.3 Å². The maximum absolute atomic E-state index is 12.5. The van der Waals surface area contributed by atoms with Crippen molar-refractivity contribution in [1.82, 2.24) is 4.98 Å². The van der Waals surface area contributed by atoms with Crippen LogP contribution in [-0.2, 0) is 11.2 Å². The zero-order chi connectivity index (χ0) is 23.8. The summed E-state index contributed by atoms with van der Waals surface area (Å²) < 4.78 is 5.52. The molecule has 5 nitrogen and oxygen atoms in total. The second kappa shape index (κ2) is 11.8. The Hall–Kier alpha value is -2.99. The molecule has 0 radical (unpaired) electrons. The van der Waals surface area contributed by atoms with Gasteiger partial charge in [-0.3, -0.25) is 9.59 Å². The average Bonchev–Trinajstić information content (AvgIpc) is 3.20. The Bertz CT molecular complexity index is 1070. The average molecular weight is 465 g/mol. The molecule has 0 saturated heterocycles. The molecule has 33 heavy (non-hydrogen) atoms. The van der Waals surface area contributed by atoms with Gasteiger partial charge in [0.25, 0.3) is 0 Å². The van der Waals surface area contributed by atoms with Crippen LogP contribution in [-0.4, -0.2) is 23.3 Å². The third-order valence-corrected chi connectivity index (χ3v) is 6.37. The minimum Gasteiger partial charge on any atom is -0.494 e. The minimum atomic E-state index is -0.197. The summed E-state index contributed by atoms with van der Waals surface area (Å²) in [6, 6.07) is 15.5. The first-order valence-electron chi connectivity index (χ1n) is 11.6. The van der Waals surface area contributed by atoms with Crippen LogP contribution >= 0.6 is 11.3 Å². The lowest BCUT2D eigenvalue weighted by atomic mass is 9.99. The van der Waals surface area contributed by atoms with Gasteiger partial charge in [0.05, 0.1) is 12.3 Å². The molecule has 0 aliphatic carbocycles. The molecule has 1 aromatic heterocycles. The zero-order valence-corrected chi connectivity index (χ0v) is 20.6. The lowest BCUT2D eigenvalue weighted by Gasteiger charge is -2.06. The molecule has 0 unspecified atom stereocenters. The molecule has 1 N–H and O–H groups in total. The van der Waals surface area contributed by atoms with Gasteiger partial charge in [0, 0.05) is 28.8 Å². The number of hydrogen-bond donors (Lipinski definition) is 1. The van der Waals surface area contributed by atoms with Gasteiger partial charge >= 0.3 is 0 Å². The third-order valence-electron chi connectivity index (χ3n) is 5.34. The molecular formula is C27H32N2O3S. The number of ether oxygens (including phenoxy) is 1. The van der Waals surface area contributed by atoms with E-state index in [4.69, 9.17) is 4.74 Å². The number of thiazole rings is 1. The predicted octanol–water partition coefficient (Wildman–Crippen LogP) is 6.89. The second-order valence-corrected chi connectivity index (χ2v) is 9.33. The molecule has 0 aliphatic rings. The largest absolute Gasteiger partial charge is 0.494 e. The van der Waals surface area contributed by atoms with Crippen molar-refractivity contribution in [3.8, 4) is 17.0 Å². The Kier molecular flexibility index (Phi) is 8.78. The lowest BCUT2D eigenvalue weighted by Crippen LogP contribution is -2.13. The van der Waals surface area contributed by atoms with Crippen LogP contribution < -0.4 is 10.1 Å². The number of benzene rings is 2. The number of anilines is 1. The number of rotatable bonds is 11. The smallest absolute Gasteiger partial charge is 0.226 e. The highest BCUT2D eigenvalue weighted by Crippen LogP contribution is 2.33. The van der Waals surface area contributed by atoms with E-state index >= 15 is 0 Å². The molecule has 0 atom stereocenters. The summed E-state index contributed by atoms with van der Waals surface area (Å²) in [6.45, 7) is 8.94. The Morgan fingerprint density at radius 3 is 2.30 bits per heavy atom. The molecule has 0 aliphatic heterocycles. The summed E-state index contributed by atoms with van der Waals surface area (Å²) >= 11 is 1.50. The van der Waals surface area contributed by atoms with Crippen LogP contribution in [0.3, 0.4) is 0 Å². The Labute approximate surface area is 200 Å². The molecule has 6 heteroatoms. The second-order valence-electron chi connectivity index (χ2n) is 8.25. The van der Waals surface area contributed by atoms with Crippen LogP contribution in [0.4, 0.5) is 5.13 Å². The Balaban J connectivity index is 1.63. The van der Waals surface area contributed by atoms with E-state index in [0.717, 1.165) is 34.7 Å². The van der Waals surface area contributed by atoms with Gasteiger partial charge in [0.15, 0.2) is 10.9 Å². The van der Waals surface area contributed by atoms with Crippen molar-refractivity contribution in [2.75, 3.05) is 11.9 Å². The van der Waals surface area contributed by atoms with Gasteiger partial charge in [0.2, 0.25) is 5.91 Å². The van der Waals surface area contributed by atoms with Gasteiger partial charge in [-0.25, -0.2) is 4.98 Å². The SMILES string of the molecule is CCCc1sc(NC(=O)CCC(=O)c2ccc(C(C)C)cc2)nc1-c1ccc(OCC)cc1. The first-order chi connectivity index (χ1) is 15.9. The standard InChI is InChI=1S/C27H32N2O3S/c1-5-7-24-26(21-12-14-22(15-13-21)32-6-2)29-27(33-24)28-25(31)17-16-23(30)20-10-8-19(9-11-20)18(3)4/h8-15,18H,5-7,16-17H2,1-4H3,(H,28,29,31). The summed E-state index contributed by atoms with van der Waals surface area (Å²) in [5.74, 6) is 1.02. The monoisotopic (exact) mass is 464 g/mol. The summed E-state index contributed by atoms with van der Waals surface area (Å²) in [4.78, 5) is 30.8. The summed E-state index contributed by atoms with van der Waals surface area (Å²) in [6.07, 6.45) is 2.18. The van der Waals surface area contributed by atoms with E-state index in [2.05, 4.69) is 31.1 Å². The molecule has 1 heterocycles. The lowest BCUT2D eigenvalue weighted by molar-refractivity contribution is -0.116. The normalized spacial score (nSPS) is 10.9. The van der Waals surface area contributed by atoms with Crippen LogP contribution in [0.2, 0.25) is 0 Å². The van der Waals surface area contributed by atoms with E-state index < -0.39 is 0 Å². The number of Topliss-reactive ketones (excluding diaryl/α,β-unsaturated/α-hetero) is 1. The fourth-order valence-electron chi connectivity index (χ4n) is 3.51. The number of aryl methyl sites for hydroxylation is 1. The van der Waals surface area contributed by atoms with Crippen molar-refractivity contribution in [1.29, 1.82) is 0 Å². The van der Waals surface area contributed by atoms with E-state index in [0.29, 0.717) is 23.2 Å². The highest BCUT2D eigenvalue weighted by Gasteiger charge is 2.16. The first-order valence-corrected chi connectivity index (χ1v) is 12.4. The molecule has 3 rings (SSSR count). The molecule has 0 spiro atoms. The van der Waals surface area contributed by atoms with Crippen molar-refractivity contribution in [2.45, 2.75) is 59.3 Å².